The van der Waals surface area contributed by atoms with Gasteiger partial charge in [0.1, 0.15) is 0 Å². The van der Waals surface area contributed by atoms with E-state index in [-0.39, 0.29) is 28.7 Å². The smallest absolute Gasteiger partial charge is 0.251 e. The lowest BCUT2D eigenvalue weighted by Crippen LogP contribution is -2.41. The Hall–Kier alpha value is -3.72. The molecular formula is C29H26ClN3O4S. The van der Waals surface area contributed by atoms with Gasteiger partial charge < -0.3 is 10.6 Å². The predicted molar refractivity (Wildman–Crippen MR) is 149 cm³/mol. The van der Waals surface area contributed by atoms with Gasteiger partial charge in [0.25, 0.3) is 5.91 Å². The van der Waals surface area contributed by atoms with E-state index in [9.17, 15) is 18.0 Å². The molecular weight excluding hydrogens is 522 g/mol. The Morgan fingerprint density at radius 3 is 2.34 bits per heavy atom. The zero-order valence-corrected chi connectivity index (χ0v) is 21.9. The zero-order valence-electron chi connectivity index (χ0n) is 20.4. The van der Waals surface area contributed by atoms with E-state index in [2.05, 4.69) is 10.6 Å². The summed E-state index contributed by atoms with van der Waals surface area (Å²) in [7, 11) is -3.88. The molecule has 1 saturated carbocycles. The second kappa shape index (κ2) is 10.6. The first kappa shape index (κ1) is 25.9. The molecule has 1 aliphatic rings. The molecule has 0 heterocycles. The highest BCUT2D eigenvalue weighted by Crippen LogP contribution is 2.30. The van der Waals surface area contributed by atoms with Gasteiger partial charge in [-0.1, -0.05) is 60.5 Å². The minimum absolute atomic E-state index is 0.0385. The van der Waals surface area contributed by atoms with Crippen LogP contribution >= 0.6 is 11.6 Å². The number of nitrogens with one attached hydrogen (secondary N) is 2. The molecule has 1 fully saturated rings. The highest BCUT2D eigenvalue weighted by Gasteiger charge is 2.34. The Balaban J connectivity index is 1.26. The van der Waals surface area contributed by atoms with Crippen LogP contribution in [-0.2, 0) is 14.8 Å². The number of rotatable bonds is 6. The van der Waals surface area contributed by atoms with Crippen LogP contribution in [0.4, 0.5) is 5.69 Å². The minimum atomic E-state index is -3.88. The van der Waals surface area contributed by atoms with Crippen molar-refractivity contribution >= 4 is 49.9 Å². The zero-order chi connectivity index (χ0) is 26.9. The van der Waals surface area contributed by atoms with Crippen LogP contribution in [0.1, 0.15) is 29.6 Å². The maximum Gasteiger partial charge on any atom is 0.251 e. The molecule has 7 nitrogen and oxygen atoms in total. The van der Waals surface area contributed by atoms with E-state index >= 15 is 0 Å². The Morgan fingerprint density at radius 2 is 1.58 bits per heavy atom. The molecule has 0 spiro atoms. The van der Waals surface area contributed by atoms with Crippen molar-refractivity contribution < 1.29 is 18.0 Å². The molecule has 1 aliphatic carbocycles. The molecule has 9 heteroatoms. The quantitative estimate of drug-likeness (QED) is 0.302. The number of benzene rings is 4. The number of amides is 2. The third-order valence-corrected chi connectivity index (χ3v) is 8.09. The number of sulfonamides is 1. The first-order valence-electron chi connectivity index (χ1n) is 12.2. The van der Waals surface area contributed by atoms with E-state index in [0.717, 1.165) is 23.6 Å². The van der Waals surface area contributed by atoms with Crippen LogP contribution in [0.2, 0.25) is 5.02 Å². The fraction of sp³-hybridized carbons (Fsp3) is 0.172. The van der Waals surface area contributed by atoms with Crippen LogP contribution in [0.5, 0.6) is 0 Å². The van der Waals surface area contributed by atoms with Crippen molar-refractivity contribution in [3.8, 4) is 11.1 Å². The van der Waals surface area contributed by atoms with Crippen molar-refractivity contribution in [2.45, 2.75) is 30.2 Å². The first-order valence-corrected chi connectivity index (χ1v) is 14.1. The van der Waals surface area contributed by atoms with Gasteiger partial charge in [-0.25, -0.2) is 13.6 Å². The number of halogens is 1. The molecule has 2 atom stereocenters. The van der Waals surface area contributed by atoms with Crippen LogP contribution in [-0.4, -0.2) is 26.3 Å². The second-order valence-corrected chi connectivity index (χ2v) is 11.4. The SMILES string of the molecule is NS(=O)(=O)c1ccccc1-c1ccc(NC(=O)[C@H]2CCC[C@H]2NC(=O)c2ccc3cc(Cl)ccc3c2)cc1. The van der Waals surface area contributed by atoms with Crippen molar-refractivity contribution in [3.05, 3.63) is 95.5 Å². The van der Waals surface area contributed by atoms with Gasteiger partial charge in [0.05, 0.1) is 10.8 Å². The van der Waals surface area contributed by atoms with Gasteiger partial charge in [-0.15, -0.1) is 0 Å². The molecule has 0 saturated heterocycles. The Kier molecular flexibility index (Phi) is 7.21. The van der Waals surface area contributed by atoms with E-state index < -0.39 is 10.0 Å². The van der Waals surface area contributed by atoms with Gasteiger partial charge >= 0.3 is 0 Å². The lowest BCUT2D eigenvalue weighted by Gasteiger charge is -2.21. The Morgan fingerprint density at radius 1 is 0.868 bits per heavy atom. The summed E-state index contributed by atoms with van der Waals surface area (Å²) in [5.74, 6) is -0.746. The van der Waals surface area contributed by atoms with E-state index in [1.54, 1.807) is 54.6 Å². The molecule has 4 N–H and O–H groups in total. The average molecular weight is 548 g/mol. The largest absolute Gasteiger partial charge is 0.349 e. The molecule has 4 aromatic carbocycles. The van der Waals surface area contributed by atoms with Crippen molar-refractivity contribution in [2.24, 2.45) is 11.1 Å². The molecule has 0 radical (unpaired) electrons. The number of primary sulfonamides is 1. The standard InChI is InChI=1S/C29H26ClN3O4S/c30-22-13-10-19-16-21(9-8-20(19)17-22)28(34)33-26-6-3-5-25(26)29(35)32-23-14-11-18(12-15-23)24-4-1-2-7-27(24)38(31,36)37/h1-2,4,7-17,25-26H,3,5-6H2,(H,32,35)(H,33,34)(H2,31,36,37)/t25-,26+/m0/s1. The second-order valence-electron chi connectivity index (χ2n) is 9.43. The van der Waals surface area contributed by atoms with Gasteiger partial charge in [-0.05, 0) is 71.6 Å². The average Bonchev–Trinajstić information content (AvgIpc) is 3.36. The summed E-state index contributed by atoms with van der Waals surface area (Å²) in [4.78, 5) is 26.1. The van der Waals surface area contributed by atoms with E-state index in [1.165, 1.54) is 6.07 Å². The minimum Gasteiger partial charge on any atom is -0.349 e. The number of carbonyl (C=O) groups excluding carboxylic acids is 2. The summed E-state index contributed by atoms with van der Waals surface area (Å²) < 4.78 is 23.9. The van der Waals surface area contributed by atoms with Crippen LogP contribution in [0.15, 0.2) is 89.8 Å². The first-order chi connectivity index (χ1) is 18.2. The molecule has 0 aromatic heterocycles. The van der Waals surface area contributed by atoms with Crippen LogP contribution in [0.3, 0.4) is 0 Å². The van der Waals surface area contributed by atoms with Gasteiger partial charge in [0, 0.05) is 27.9 Å². The normalized spacial score (nSPS) is 17.3. The molecule has 0 bridgehead atoms. The number of anilines is 1. The van der Waals surface area contributed by atoms with Crippen molar-refractivity contribution in [1.82, 2.24) is 5.32 Å². The fourth-order valence-electron chi connectivity index (χ4n) is 4.98. The topological polar surface area (TPSA) is 118 Å². The van der Waals surface area contributed by atoms with Crippen molar-refractivity contribution in [3.63, 3.8) is 0 Å². The predicted octanol–water partition coefficient (Wildman–Crippen LogP) is 5.34. The third-order valence-electron chi connectivity index (χ3n) is 6.89. The monoisotopic (exact) mass is 547 g/mol. The Labute approximate surface area is 226 Å². The lowest BCUT2D eigenvalue weighted by atomic mass is 10.0. The highest BCUT2D eigenvalue weighted by atomic mass is 35.5. The third kappa shape index (κ3) is 5.57. The molecule has 38 heavy (non-hydrogen) atoms. The Bertz CT molecular complexity index is 1640. The number of carbonyl (C=O) groups is 2. The molecule has 0 aliphatic heterocycles. The van der Waals surface area contributed by atoms with E-state index in [0.29, 0.717) is 33.8 Å². The molecule has 2 amide bonds. The summed E-state index contributed by atoms with van der Waals surface area (Å²) >= 11 is 6.05. The summed E-state index contributed by atoms with van der Waals surface area (Å²) in [6.07, 6.45) is 2.23. The van der Waals surface area contributed by atoms with Crippen LogP contribution in [0, 0.1) is 5.92 Å². The van der Waals surface area contributed by atoms with E-state index in [1.807, 2.05) is 24.3 Å². The lowest BCUT2D eigenvalue weighted by molar-refractivity contribution is -0.120. The number of hydrogen-bond donors (Lipinski definition) is 3. The van der Waals surface area contributed by atoms with E-state index in [4.69, 9.17) is 16.7 Å². The number of hydrogen-bond acceptors (Lipinski definition) is 4. The number of nitrogens with two attached hydrogens (primary N) is 1. The molecule has 0 unspecified atom stereocenters. The van der Waals surface area contributed by atoms with Gasteiger partial charge in [-0.2, -0.15) is 0 Å². The van der Waals surface area contributed by atoms with Crippen LogP contribution in [0.25, 0.3) is 21.9 Å². The highest BCUT2D eigenvalue weighted by molar-refractivity contribution is 7.89. The maximum absolute atomic E-state index is 13.1. The summed E-state index contributed by atoms with van der Waals surface area (Å²) in [6, 6.07) is 24.1. The van der Waals surface area contributed by atoms with Crippen LogP contribution < -0.4 is 15.8 Å². The van der Waals surface area contributed by atoms with Crippen molar-refractivity contribution in [2.75, 3.05) is 5.32 Å². The molecule has 4 aromatic rings. The van der Waals surface area contributed by atoms with Gasteiger partial charge in [-0.3, -0.25) is 9.59 Å². The summed E-state index contributed by atoms with van der Waals surface area (Å²) in [6.45, 7) is 0. The van der Waals surface area contributed by atoms with Gasteiger partial charge in [0.2, 0.25) is 15.9 Å². The maximum atomic E-state index is 13.1. The van der Waals surface area contributed by atoms with Crippen molar-refractivity contribution in [1.29, 1.82) is 0 Å². The summed E-state index contributed by atoms with van der Waals surface area (Å²) in [5.41, 5.74) is 2.26. The summed E-state index contributed by atoms with van der Waals surface area (Å²) in [5, 5.41) is 13.8. The molecule has 5 rings (SSSR count). The fourth-order valence-corrected chi connectivity index (χ4v) is 5.92. The number of fused-ring (bicyclic) bond motifs is 1. The molecule has 194 valence electrons. The van der Waals surface area contributed by atoms with Gasteiger partial charge in [0.15, 0.2) is 0 Å².